The lowest BCUT2D eigenvalue weighted by Gasteiger charge is -2.22. The van der Waals surface area contributed by atoms with Gasteiger partial charge in [0.05, 0.1) is 6.04 Å². The molecule has 1 aromatic heterocycles. The van der Waals surface area contributed by atoms with Crippen LogP contribution in [0.2, 0.25) is 0 Å². The number of carbonyl (C=O) groups is 1. The Morgan fingerprint density at radius 3 is 2.25 bits per heavy atom. The summed E-state index contributed by atoms with van der Waals surface area (Å²) in [5, 5.41) is 4.41. The van der Waals surface area contributed by atoms with Crippen molar-refractivity contribution in [2.24, 2.45) is 0 Å². The second kappa shape index (κ2) is 17.7. The van der Waals surface area contributed by atoms with Crippen LogP contribution < -0.4 is 5.32 Å². The predicted octanol–water partition coefficient (Wildman–Crippen LogP) is 10.6. The molecule has 3 heteroatoms. The van der Waals surface area contributed by atoms with Crippen LogP contribution in [0.5, 0.6) is 0 Å². The maximum absolute atomic E-state index is 13.6. The average Bonchev–Trinajstić information content (AvgIpc) is 3.47. The molecule has 0 bridgehead atoms. The molecule has 1 unspecified atom stereocenters. The number of aromatic amines is 1. The summed E-state index contributed by atoms with van der Waals surface area (Å²) in [6.45, 7) is 26.7. The number of aryl methyl sites for hydroxylation is 1. The van der Waals surface area contributed by atoms with E-state index < -0.39 is 0 Å². The third-order valence-electron chi connectivity index (χ3n) is 6.81. The minimum Gasteiger partial charge on any atom is -0.361 e. The average molecular weight is 539 g/mol. The number of hydrogen-bond acceptors (Lipinski definition) is 1. The van der Waals surface area contributed by atoms with Gasteiger partial charge in [-0.05, 0) is 85.2 Å². The van der Waals surface area contributed by atoms with E-state index >= 15 is 0 Å². The zero-order chi connectivity index (χ0) is 30.2. The lowest BCUT2D eigenvalue weighted by atomic mass is 9.89. The summed E-state index contributed by atoms with van der Waals surface area (Å²) in [4.78, 5) is 16.9. The van der Waals surface area contributed by atoms with Gasteiger partial charge in [0.25, 0.3) is 5.91 Å². The summed E-state index contributed by atoms with van der Waals surface area (Å²) in [6, 6.07) is 16.4. The molecule has 214 valence electrons. The molecule has 0 spiro atoms. The fourth-order valence-corrected chi connectivity index (χ4v) is 4.78. The highest BCUT2D eigenvalue weighted by Crippen LogP contribution is 2.33. The second-order valence-electron chi connectivity index (χ2n) is 9.18. The summed E-state index contributed by atoms with van der Waals surface area (Å²) in [5.74, 6) is -0.114. The molecule has 2 aromatic carbocycles. The summed E-state index contributed by atoms with van der Waals surface area (Å²) < 4.78 is 0. The zero-order valence-corrected chi connectivity index (χ0v) is 26.2. The van der Waals surface area contributed by atoms with Gasteiger partial charge in [-0.3, -0.25) is 4.79 Å². The molecule has 0 aliphatic heterocycles. The first-order chi connectivity index (χ1) is 19.3. The lowest BCUT2D eigenvalue weighted by molar-refractivity contribution is -0.118. The van der Waals surface area contributed by atoms with Crippen molar-refractivity contribution in [2.75, 3.05) is 0 Å². The van der Waals surface area contributed by atoms with Gasteiger partial charge in [-0.2, -0.15) is 0 Å². The van der Waals surface area contributed by atoms with Crippen molar-refractivity contribution in [3.8, 4) is 0 Å². The molecule has 0 saturated carbocycles. The topological polar surface area (TPSA) is 44.9 Å². The van der Waals surface area contributed by atoms with Gasteiger partial charge in [-0.1, -0.05) is 109 Å². The molecule has 0 radical (unpaired) electrons. The first kappa shape index (κ1) is 34.2. The lowest BCUT2D eigenvalue weighted by Crippen LogP contribution is -2.30. The van der Waals surface area contributed by atoms with E-state index in [1.165, 1.54) is 5.56 Å². The van der Waals surface area contributed by atoms with Crippen LogP contribution in [0.15, 0.2) is 108 Å². The molecule has 0 aliphatic carbocycles. The number of amides is 1. The molecule has 1 atom stereocenters. The van der Waals surface area contributed by atoms with Crippen LogP contribution in [-0.4, -0.2) is 10.9 Å². The van der Waals surface area contributed by atoms with Crippen LogP contribution >= 0.6 is 0 Å². The van der Waals surface area contributed by atoms with Crippen LogP contribution in [-0.2, 0) is 4.79 Å². The Morgan fingerprint density at radius 2 is 1.65 bits per heavy atom. The molecule has 3 rings (SSSR count). The van der Waals surface area contributed by atoms with Crippen LogP contribution in [0.3, 0.4) is 0 Å². The van der Waals surface area contributed by atoms with E-state index in [1.807, 2.05) is 72.0 Å². The van der Waals surface area contributed by atoms with Gasteiger partial charge in [0.1, 0.15) is 0 Å². The molecule has 0 fully saturated rings. The third kappa shape index (κ3) is 8.32. The molecule has 40 heavy (non-hydrogen) atoms. The van der Waals surface area contributed by atoms with Crippen LogP contribution in [0.25, 0.3) is 16.5 Å². The van der Waals surface area contributed by atoms with E-state index in [2.05, 4.69) is 80.6 Å². The minimum absolute atomic E-state index is 0.0529. The van der Waals surface area contributed by atoms with E-state index in [4.69, 9.17) is 0 Å². The maximum atomic E-state index is 13.6. The molecular weight excluding hydrogens is 488 g/mol. The maximum Gasteiger partial charge on any atom is 0.252 e. The number of fused-ring (bicyclic) bond motifs is 1. The van der Waals surface area contributed by atoms with Gasteiger partial charge >= 0.3 is 0 Å². The fraction of sp³-hybridized carbons (Fsp3) is 0.324. The molecular formula is C37H50N2O. The van der Waals surface area contributed by atoms with Crippen molar-refractivity contribution in [1.29, 1.82) is 0 Å². The number of rotatable bonds is 10. The number of H-pyrrole nitrogens is 1. The number of hydrogen-bond donors (Lipinski definition) is 2. The first-order valence-electron chi connectivity index (χ1n) is 14.6. The quantitative estimate of drug-likeness (QED) is 0.196. The van der Waals surface area contributed by atoms with Crippen LogP contribution in [0.4, 0.5) is 0 Å². The van der Waals surface area contributed by atoms with Crippen molar-refractivity contribution in [2.45, 2.75) is 81.2 Å². The molecule has 0 saturated heterocycles. The van der Waals surface area contributed by atoms with E-state index in [1.54, 1.807) is 6.08 Å². The van der Waals surface area contributed by atoms with E-state index in [0.29, 0.717) is 5.57 Å². The van der Waals surface area contributed by atoms with Gasteiger partial charge in [0.15, 0.2) is 0 Å². The number of nitrogens with one attached hydrogen (secondary N) is 2. The van der Waals surface area contributed by atoms with Gasteiger partial charge < -0.3 is 10.3 Å². The van der Waals surface area contributed by atoms with Crippen molar-refractivity contribution < 1.29 is 4.79 Å². The molecule has 1 heterocycles. The van der Waals surface area contributed by atoms with Crippen LogP contribution in [0, 0.1) is 6.92 Å². The van der Waals surface area contributed by atoms with Gasteiger partial charge in [-0.15, -0.1) is 0 Å². The van der Waals surface area contributed by atoms with Crippen LogP contribution in [0.1, 0.15) is 91.0 Å². The standard InChI is InChI=1S/C33H38N2O.2C2H6/c1-8-14-28(23(5)24(6)29-18-13-19-31-30(29)20-21-34-31)25(7)26(10-3)33(36)35-32(15-9-2)27-17-12-11-16-22(27)4;2*1-2/h8,10-14,16-21,32,34H,3,6,9,15H2,1-2,4-5,7H3,(H,35,36);2*1-2H3/b14-8-,26-25+,28-23+;;. The Morgan fingerprint density at radius 1 is 0.975 bits per heavy atom. The largest absolute Gasteiger partial charge is 0.361 e. The van der Waals surface area contributed by atoms with Crippen molar-refractivity contribution in [3.63, 3.8) is 0 Å². The van der Waals surface area contributed by atoms with E-state index in [-0.39, 0.29) is 11.9 Å². The number of benzene rings is 2. The smallest absolute Gasteiger partial charge is 0.252 e. The van der Waals surface area contributed by atoms with Gasteiger partial charge in [0, 0.05) is 22.7 Å². The number of carbonyl (C=O) groups excluding carboxylic acids is 1. The normalized spacial score (nSPS) is 12.7. The molecule has 3 nitrogen and oxygen atoms in total. The van der Waals surface area contributed by atoms with Crippen molar-refractivity contribution in [3.05, 3.63) is 125 Å². The Kier molecular flexibility index (Phi) is 15.1. The van der Waals surface area contributed by atoms with Gasteiger partial charge in [0.2, 0.25) is 0 Å². The third-order valence-corrected chi connectivity index (χ3v) is 6.81. The predicted molar refractivity (Wildman–Crippen MR) is 177 cm³/mol. The molecule has 3 aromatic rings. The van der Waals surface area contributed by atoms with E-state index in [0.717, 1.165) is 57.2 Å². The molecule has 2 N–H and O–H groups in total. The minimum atomic E-state index is -0.114. The Balaban J connectivity index is 0.00000191. The number of allylic oxidation sites excluding steroid dienone is 6. The first-order valence-corrected chi connectivity index (χ1v) is 14.6. The highest BCUT2D eigenvalue weighted by Gasteiger charge is 2.20. The summed E-state index contributed by atoms with van der Waals surface area (Å²) in [7, 11) is 0. The Labute approximate surface area is 243 Å². The SMILES string of the molecule is C=C\C(C(=O)NC(CCC)c1ccccc1C)=C(C)/C(/C=C\C)=C(\C)C(=C)c1cccc2[nH]ccc12.CC.CC. The number of aromatic nitrogens is 1. The second-order valence-corrected chi connectivity index (χ2v) is 9.18. The zero-order valence-electron chi connectivity index (χ0n) is 26.2. The molecule has 0 aliphatic rings. The summed E-state index contributed by atoms with van der Waals surface area (Å²) >= 11 is 0. The van der Waals surface area contributed by atoms with Crippen molar-refractivity contribution in [1.82, 2.24) is 10.3 Å². The Hall–Kier alpha value is -3.85. The monoisotopic (exact) mass is 538 g/mol. The van der Waals surface area contributed by atoms with Crippen molar-refractivity contribution >= 4 is 22.4 Å². The Bertz CT molecular complexity index is 1360. The fourth-order valence-electron chi connectivity index (χ4n) is 4.78. The summed E-state index contributed by atoms with van der Waals surface area (Å²) in [6.07, 6.45) is 9.50. The van der Waals surface area contributed by atoms with Gasteiger partial charge in [-0.25, -0.2) is 0 Å². The summed E-state index contributed by atoms with van der Waals surface area (Å²) in [5.41, 5.74) is 8.86. The highest BCUT2D eigenvalue weighted by molar-refractivity contribution is 5.99. The molecule has 1 amide bonds. The highest BCUT2D eigenvalue weighted by atomic mass is 16.1. The van der Waals surface area contributed by atoms with E-state index in [9.17, 15) is 4.79 Å².